The van der Waals surface area contributed by atoms with Gasteiger partial charge in [-0.3, -0.25) is 19.3 Å². The number of hydrogen-bond acceptors (Lipinski definition) is 5. The van der Waals surface area contributed by atoms with Gasteiger partial charge in [0, 0.05) is 29.8 Å². The highest BCUT2D eigenvalue weighted by molar-refractivity contribution is 5.96. The van der Waals surface area contributed by atoms with Gasteiger partial charge in [-0.15, -0.1) is 0 Å². The van der Waals surface area contributed by atoms with Crippen LogP contribution in [0.3, 0.4) is 0 Å². The van der Waals surface area contributed by atoms with Crippen molar-refractivity contribution in [3.05, 3.63) is 98.5 Å². The molecule has 7 nitrogen and oxygen atoms in total. The molecule has 4 aliphatic rings. The fourth-order valence-corrected chi connectivity index (χ4v) is 6.21. The summed E-state index contributed by atoms with van der Waals surface area (Å²) in [5.41, 5.74) is 1.38. The molecule has 1 amide bonds. The van der Waals surface area contributed by atoms with Crippen LogP contribution in [-0.4, -0.2) is 46.5 Å². The molecule has 3 aromatic rings. The van der Waals surface area contributed by atoms with E-state index in [1.165, 1.54) is 16.9 Å². The van der Waals surface area contributed by atoms with Crippen LogP contribution in [0.25, 0.3) is 0 Å². The zero-order valence-electron chi connectivity index (χ0n) is 18.6. The first-order valence-corrected chi connectivity index (χ1v) is 11.6. The number of carbonyl (C=O) groups excluding carboxylic acids is 1. The molecule has 0 bridgehead atoms. The van der Waals surface area contributed by atoms with Gasteiger partial charge in [0.25, 0.3) is 5.91 Å². The fourth-order valence-electron chi connectivity index (χ4n) is 6.21. The van der Waals surface area contributed by atoms with Crippen LogP contribution in [0.4, 0.5) is 8.78 Å². The van der Waals surface area contributed by atoms with Crippen molar-refractivity contribution in [2.24, 2.45) is 0 Å². The van der Waals surface area contributed by atoms with E-state index in [9.17, 15) is 19.1 Å². The molecule has 178 valence electrons. The summed E-state index contributed by atoms with van der Waals surface area (Å²) in [6.07, 6.45) is 2.29. The molecule has 7 rings (SSSR count). The van der Waals surface area contributed by atoms with Crippen LogP contribution in [0.2, 0.25) is 0 Å². The summed E-state index contributed by atoms with van der Waals surface area (Å²) in [5.74, 6) is -2.86. The molecule has 35 heavy (non-hydrogen) atoms. The quantitative estimate of drug-likeness (QED) is 0.584. The summed E-state index contributed by atoms with van der Waals surface area (Å²) in [7, 11) is 0. The van der Waals surface area contributed by atoms with Gasteiger partial charge in [0.2, 0.25) is 5.43 Å². The third-order valence-corrected chi connectivity index (χ3v) is 7.86. The molecule has 2 fully saturated rings. The summed E-state index contributed by atoms with van der Waals surface area (Å²) in [6, 6.07) is 11.0. The van der Waals surface area contributed by atoms with Crippen molar-refractivity contribution >= 4 is 5.91 Å². The first kappa shape index (κ1) is 20.6. The normalized spacial score (nSPS) is 23.4. The number of pyridine rings is 1. The summed E-state index contributed by atoms with van der Waals surface area (Å²) < 4.78 is 37.3. The minimum absolute atomic E-state index is 0.149. The molecule has 1 N–H and O–H groups in total. The Balaban J connectivity index is 1.55. The van der Waals surface area contributed by atoms with E-state index in [0.29, 0.717) is 30.6 Å². The van der Waals surface area contributed by atoms with Crippen molar-refractivity contribution in [2.75, 3.05) is 24.8 Å². The Morgan fingerprint density at radius 2 is 1.83 bits per heavy atom. The first-order chi connectivity index (χ1) is 16.9. The summed E-state index contributed by atoms with van der Waals surface area (Å²) in [4.78, 5) is 27.2. The number of aromatic nitrogens is 1. The highest BCUT2D eigenvalue weighted by atomic mass is 19.2. The third kappa shape index (κ3) is 2.56. The molecule has 2 aliphatic carbocycles. The topological polar surface area (TPSA) is 75.0 Å². The van der Waals surface area contributed by atoms with Gasteiger partial charge >= 0.3 is 0 Å². The number of morpholine rings is 1. The summed E-state index contributed by atoms with van der Waals surface area (Å²) in [6.45, 7) is 0.765. The number of halogens is 2. The van der Waals surface area contributed by atoms with E-state index in [2.05, 4.69) is 0 Å². The molecule has 0 radical (unpaired) electrons. The van der Waals surface area contributed by atoms with Crippen molar-refractivity contribution < 1.29 is 23.4 Å². The number of ether oxygens (including phenoxy) is 1. The van der Waals surface area contributed by atoms with Crippen molar-refractivity contribution in [2.45, 2.75) is 30.5 Å². The average molecular weight is 477 g/mol. The predicted octanol–water partition coefficient (Wildman–Crippen LogP) is 2.77. The number of carbonyl (C=O) groups is 1. The molecule has 2 aromatic carbocycles. The summed E-state index contributed by atoms with van der Waals surface area (Å²) in [5, 5.41) is 12.5. The highest BCUT2D eigenvalue weighted by Gasteiger charge is 2.56. The zero-order chi connectivity index (χ0) is 24.1. The van der Waals surface area contributed by atoms with Crippen LogP contribution in [0.1, 0.15) is 51.6 Å². The zero-order valence-corrected chi connectivity index (χ0v) is 18.6. The maximum atomic E-state index is 15.5. The van der Waals surface area contributed by atoms with Crippen molar-refractivity contribution in [1.29, 1.82) is 0 Å². The second kappa shape index (κ2) is 6.91. The van der Waals surface area contributed by atoms with E-state index in [1.807, 2.05) is 29.3 Å². The minimum atomic E-state index is -0.897. The molecule has 3 heterocycles. The lowest BCUT2D eigenvalue weighted by atomic mass is 9.72. The van der Waals surface area contributed by atoms with Crippen LogP contribution in [-0.2, 0) is 10.2 Å². The predicted molar refractivity (Wildman–Crippen MR) is 121 cm³/mol. The van der Waals surface area contributed by atoms with E-state index >= 15 is 4.39 Å². The van der Waals surface area contributed by atoms with Gasteiger partial charge in [0.15, 0.2) is 23.1 Å². The number of aromatic hydroxyl groups is 1. The minimum Gasteiger partial charge on any atom is -0.502 e. The van der Waals surface area contributed by atoms with Crippen LogP contribution in [0.5, 0.6) is 5.75 Å². The lowest BCUT2D eigenvalue weighted by Gasteiger charge is -2.52. The molecular formula is C26H21F2N3O4. The Morgan fingerprint density at radius 3 is 2.63 bits per heavy atom. The first-order valence-electron chi connectivity index (χ1n) is 11.6. The van der Waals surface area contributed by atoms with E-state index in [0.717, 1.165) is 17.2 Å². The Morgan fingerprint density at radius 1 is 1.03 bits per heavy atom. The van der Waals surface area contributed by atoms with E-state index in [-0.39, 0.29) is 18.8 Å². The van der Waals surface area contributed by atoms with Gasteiger partial charge in [0.1, 0.15) is 6.17 Å². The smallest absolute Gasteiger partial charge is 0.278 e. The van der Waals surface area contributed by atoms with Gasteiger partial charge < -0.3 is 14.7 Å². The Hall–Kier alpha value is -3.72. The van der Waals surface area contributed by atoms with Gasteiger partial charge in [-0.05, 0) is 35.6 Å². The lowest BCUT2D eigenvalue weighted by molar-refractivity contribution is -0.0198. The molecule has 2 atom stereocenters. The molecule has 2 unspecified atom stereocenters. The maximum Gasteiger partial charge on any atom is 0.278 e. The number of amides is 1. The third-order valence-electron chi connectivity index (χ3n) is 7.86. The van der Waals surface area contributed by atoms with E-state index in [4.69, 9.17) is 4.74 Å². The van der Waals surface area contributed by atoms with Crippen molar-refractivity contribution in [1.82, 2.24) is 9.58 Å². The van der Waals surface area contributed by atoms with Gasteiger partial charge in [-0.2, -0.15) is 0 Å². The number of hydrogen-bond donors (Lipinski definition) is 1. The van der Waals surface area contributed by atoms with E-state index < -0.39 is 46.3 Å². The van der Waals surface area contributed by atoms with Crippen molar-refractivity contribution in [3.8, 4) is 5.75 Å². The number of rotatable bonds is 1. The monoisotopic (exact) mass is 477 g/mol. The molecule has 2 aliphatic heterocycles. The highest BCUT2D eigenvalue weighted by Crippen LogP contribution is 2.61. The maximum absolute atomic E-state index is 15.5. The average Bonchev–Trinajstić information content (AvgIpc) is 3.66. The second-order valence-corrected chi connectivity index (χ2v) is 9.55. The van der Waals surface area contributed by atoms with Crippen LogP contribution >= 0.6 is 0 Å². The van der Waals surface area contributed by atoms with Crippen LogP contribution < -0.4 is 10.4 Å². The molecule has 1 saturated heterocycles. The Bertz CT molecular complexity index is 1480. The Kier molecular flexibility index (Phi) is 4.08. The number of nitrogens with zero attached hydrogens (tertiary/aromatic N) is 3. The van der Waals surface area contributed by atoms with Gasteiger partial charge in [-0.1, -0.05) is 30.3 Å². The van der Waals surface area contributed by atoms with Crippen molar-refractivity contribution in [3.63, 3.8) is 0 Å². The summed E-state index contributed by atoms with van der Waals surface area (Å²) >= 11 is 0. The standard InChI is InChI=1S/C26H21F2N3O4/c27-17-6-5-15-20(21(17)28)26(8-9-26)16-4-2-1-3-14(16)22(15)31-19-13-35-12-11-29(19)25(34)23-24(33)18(32)7-10-30(23)31/h1-7,10,19,22,33H,8-9,11-13H2. The lowest BCUT2D eigenvalue weighted by Crippen LogP contribution is -2.66. The molecule has 1 spiro atoms. The second-order valence-electron chi connectivity index (χ2n) is 9.55. The molecule has 1 saturated carbocycles. The van der Waals surface area contributed by atoms with Gasteiger partial charge in [-0.25, -0.2) is 8.78 Å². The van der Waals surface area contributed by atoms with Gasteiger partial charge in [0.05, 0.1) is 19.3 Å². The fraction of sp³-hybridized carbons (Fsp3) is 0.308. The van der Waals surface area contributed by atoms with Crippen LogP contribution in [0, 0.1) is 11.6 Å². The number of benzene rings is 2. The molecular weight excluding hydrogens is 456 g/mol. The SMILES string of the molecule is O=C1c2c(O)c(=O)ccn2N(C2c3ccccc3C3(CC3)c3c2ccc(F)c3F)C2COCCN12. The number of fused-ring (bicyclic) bond motifs is 6. The van der Waals surface area contributed by atoms with Crippen LogP contribution in [0.15, 0.2) is 53.5 Å². The molecule has 9 heteroatoms. The Labute approximate surface area is 198 Å². The molecule has 1 aromatic heterocycles. The van der Waals surface area contributed by atoms with E-state index in [1.54, 1.807) is 11.0 Å². The largest absolute Gasteiger partial charge is 0.502 e.